The molecule has 0 aliphatic carbocycles. The van der Waals surface area contributed by atoms with Gasteiger partial charge in [0.1, 0.15) is 0 Å². The molecule has 2 aromatic carbocycles. The molecule has 0 unspecified atom stereocenters. The van der Waals surface area contributed by atoms with Gasteiger partial charge in [0.2, 0.25) is 6.79 Å². The van der Waals surface area contributed by atoms with Crippen molar-refractivity contribution in [1.29, 1.82) is 0 Å². The highest BCUT2D eigenvalue weighted by molar-refractivity contribution is 6.00. The van der Waals surface area contributed by atoms with Gasteiger partial charge in [-0.05, 0) is 35.8 Å². The highest BCUT2D eigenvalue weighted by Crippen LogP contribution is 2.38. The van der Waals surface area contributed by atoms with E-state index in [0.29, 0.717) is 6.42 Å². The first-order valence-corrected chi connectivity index (χ1v) is 8.49. The van der Waals surface area contributed by atoms with E-state index in [9.17, 15) is 4.79 Å². The Morgan fingerprint density at radius 3 is 2.65 bits per heavy atom. The van der Waals surface area contributed by atoms with Gasteiger partial charge in [0.05, 0.1) is 11.4 Å². The van der Waals surface area contributed by atoms with Gasteiger partial charge in [-0.2, -0.15) is 5.10 Å². The first-order chi connectivity index (χ1) is 12.7. The summed E-state index contributed by atoms with van der Waals surface area (Å²) in [6.45, 7) is 2.18. The molecule has 0 fully saturated rings. The smallest absolute Gasteiger partial charge is 0.271 e. The van der Waals surface area contributed by atoms with Gasteiger partial charge in [-0.3, -0.25) is 4.79 Å². The Bertz CT molecular complexity index is 1060. The number of aromatic nitrogens is 2. The van der Waals surface area contributed by atoms with E-state index in [-0.39, 0.29) is 12.7 Å². The molecule has 0 amide bonds. The molecule has 1 aromatic heterocycles. The van der Waals surface area contributed by atoms with Crippen molar-refractivity contribution in [2.45, 2.75) is 13.3 Å². The summed E-state index contributed by atoms with van der Waals surface area (Å²) in [6.07, 6.45) is 2.29. The summed E-state index contributed by atoms with van der Waals surface area (Å²) >= 11 is 0. The standard InChI is InChI=1S/C21H16N2O3/c1-13-21(14-5-3-2-4-6-14)17-9-16(11-20(24)23(17)22-13)15-7-8-18-19(10-15)26-12-25-18/h2-8,10-11H,9,12H2,1H3. The van der Waals surface area contributed by atoms with E-state index in [1.54, 1.807) is 6.08 Å². The van der Waals surface area contributed by atoms with E-state index in [0.717, 1.165) is 45.2 Å². The van der Waals surface area contributed by atoms with E-state index in [2.05, 4.69) is 5.10 Å². The Hall–Kier alpha value is -3.34. The minimum atomic E-state index is -0.121. The van der Waals surface area contributed by atoms with Crippen molar-refractivity contribution in [2.24, 2.45) is 0 Å². The fourth-order valence-electron chi connectivity index (χ4n) is 3.62. The maximum Gasteiger partial charge on any atom is 0.271 e. The summed E-state index contributed by atoms with van der Waals surface area (Å²) in [5.74, 6) is 1.33. The van der Waals surface area contributed by atoms with Crippen molar-refractivity contribution in [2.75, 3.05) is 6.79 Å². The minimum Gasteiger partial charge on any atom is -0.454 e. The molecule has 0 radical (unpaired) electrons. The van der Waals surface area contributed by atoms with E-state index in [4.69, 9.17) is 9.47 Å². The summed E-state index contributed by atoms with van der Waals surface area (Å²) in [7, 11) is 0. The summed E-state index contributed by atoms with van der Waals surface area (Å²) in [5.41, 5.74) is 5.81. The number of hydrogen-bond acceptors (Lipinski definition) is 4. The second-order valence-corrected chi connectivity index (χ2v) is 6.44. The monoisotopic (exact) mass is 344 g/mol. The molecule has 3 aromatic rings. The second kappa shape index (κ2) is 5.59. The molecule has 2 aliphatic rings. The number of benzene rings is 2. The maximum absolute atomic E-state index is 12.7. The molecular weight excluding hydrogens is 328 g/mol. The minimum absolute atomic E-state index is 0.121. The van der Waals surface area contributed by atoms with Crippen LogP contribution in [0.25, 0.3) is 16.7 Å². The van der Waals surface area contributed by atoms with Crippen LogP contribution in [-0.2, 0) is 6.42 Å². The van der Waals surface area contributed by atoms with Crippen LogP contribution in [0.4, 0.5) is 0 Å². The van der Waals surface area contributed by atoms with Crippen LogP contribution in [-0.4, -0.2) is 22.5 Å². The lowest BCUT2D eigenvalue weighted by molar-refractivity contribution is 0.0948. The van der Waals surface area contributed by atoms with Crippen molar-refractivity contribution in [3.8, 4) is 22.6 Å². The molecular formula is C21H16N2O3. The zero-order valence-corrected chi connectivity index (χ0v) is 14.2. The quantitative estimate of drug-likeness (QED) is 0.708. The fourth-order valence-corrected chi connectivity index (χ4v) is 3.62. The third kappa shape index (κ3) is 2.24. The molecule has 0 saturated heterocycles. The van der Waals surface area contributed by atoms with Gasteiger partial charge in [-0.25, -0.2) is 4.68 Å². The van der Waals surface area contributed by atoms with Gasteiger partial charge in [-0.1, -0.05) is 36.4 Å². The van der Waals surface area contributed by atoms with Gasteiger partial charge in [0.15, 0.2) is 11.5 Å². The van der Waals surface area contributed by atoms with Crippen molar-refractivity contribution < 1.29 is 14.3 Å². The highest BCUT2D eigenvalue weighted by atomic mass is 16.7. The van der Waals surface area contributed by atoms with Crippen LogP contribution in [0, 0.1) is 6.92 Å². The Morgan fingerprint density at radius 2 is 1.81 bits per heavy atom. The molecule has 2 aliphatic heterocycles. The molecule has 5 nitrogen and oxygen atoms in total. The third-order valence-corrected chi connectivity index (χ3v) is 4.83. The lowest BCUT2D eigenvalue weighted by atomic mass is 9.93. The molecule has 0 bridgehead atoms. The lowest BCUT2D eigenvalue weighted by Gasteiger charge is -2.16. The van der Waals surface area contributed by atoms with Gasteiger partial charge in [0.25, 0.3) is 5.91 Å². The molecule has 0 N–H and O–H groups in total. The molecule has 5 rings (SSSR count). The molecule has 3 heterocycles. The molecule has 5 heteroatoms. The largest absolute Gasteiger partial charge is 0.454 e. The lowest BCUT2D eigenvalue weighted by Crippen LogP contribution is -2.19. The number of carbonyl (C=O) groups is 1. The number of nitrogens with zero attached hydrogens (tertiary/aromatic N) is 2. The van der Waals surface area contributed by atoms with E-state index < -0.39 is 0 Å². The zero-order chi connectivity index (χ0) is 17.7. The van der Waals surface area contributed by atoms with Crippen LogP contribution >= 0.6 is 0 Å². The molecule has 128 valence electrons. The number of aryl methyl sites for hydroxylation is 1. The average Bonchev–Trinajstić information content (AvgIpc) is 3.25. The van der Waals surface area contributed by atoms with E-state index in [1.165, 1.54) is 4.68 Å². The van der Waals surface area contributed by atoms with Crippen molar-refractivity contribution in [3.05, 3.63) is 71.6 Å². The number of fused-ring (bicyclic) bond motifs is 2. The molecule has 0 atom stereocenters. The van der Waals surface area contributed by atoms with Gasteiger partial charge >= 0.3 is 0 Å². The Morgan fingerprint density at radius 1 is 1.00 bits per heavy atom. The van der Waals surface area contributed by atoms with E-state index in [1.807, 2.05) is 55.5 Å². The van der Waals surface area contributed by atoms with Gasteiger partial charge in [0, 0.05) is 18.1 Å². The second-order valence-electron chi connectivity index (χ2n) is 6.44. The van der Waals surface area contributed by atoms with Crippen LogP contribution < -0.4 is 9.47 Å². The Balaban J connectivity index is 1.60. The number of rotatable bonds is 2. The third-order valence-electron chi connectivity index (χ3n) is 4.83. The first kappa shape index (κ1) is 15.0. The van der Waals surface area contributed by atoms with Crippen molar-refractivity contribution in [1.82, 2.24) is 9.78 Å². The highest BCUT2D eigenvalue weighted by Gasteiger charge is 2.26. The first-order valence-electron chi connectivity index (χ1n) is 8.49. The van der Waals surface area contributed by atoms with E-state index >= 15 is 0 Å². The maximum atomic E-state index is 12.7. The van der Waals surface area contributed by atoms with Crippen molar-refractivity contribution >= 4 is 11.5 Å². The molecule has 0 spiro atoms. The zero-order valence-electron chi connectivity index (χ0n) is 14.2. The Kier molecular flexibility index (Phi) is 3.22. The number of allylic oxidation sites excluding steroid dienone is 2. The summed E-state index contributed by atoms with van der Waals surface area (Å²) in [5, 5.41) is 4.47. The van der Waals surface area contributed by atoms with Crippen LogP contribution in [0.2, 0.25) is 0 Å². The number of ether oxygens (including phenoxy) is 2. The summed E-state index contributed by atoms with van der Waals surface area (Å²) < 4.78 is 12.4. The molecule has 0 saturated carbocycles. The predicted octanol–water partition coefficient (Wildman–Crippen LogP) is 3.87. The summed E-state index contributed by atoms with van der Waals surface area (Å²) in [6, 6.07) is 15.9. The molecule has 26 heavy (non-hydrogen) atoms. The average molecular weight is 344 g/mol. The fraction of sp³-hybridized carbons (Fsp3) is 0.143. The number of carbonyl (C=O) groups excluding carboxylic acids is 1. The number of hydrogen-bond donors (Lipinski definition) is 0. The van der Waals surface area contributed by atoms with Crippen LogP contribution in [0.1, 0.15) is 21.7 Å². The van der Waals surface area contributed by atoms with Crippen LogP contribution in [0.15, 0.2) is 54.6 Å². The summed E-state index contributed by atoms with van der Waals surface area (Å²) in [4.78, 5) is 12.7. The SMILES string of the molecule is Cc1nn2c(c1-c1ccccc1)CC(c1ccc3c(c1)OCO3)=CC2=O. The van der Waals surface area contributed by atoms with Crippen molar-refractivity contribution in [3.63, 3.8) is 0 Å². The van der Waals surface area contributed by atoms with Crippen LogP contribution in [0.5, 0.6) is 11.5 Å². The van der Waals surface area contributed by atoms with Gasteiger partial charge < -0.3 is 9.47 Å². The predicted molar refractivity (Wildman–Crippen MR) is 97.3 cm³/mol. The topological polar surface area (TPSA) is 53.4 Å². The van der Waals surface area contributed by atoms with Gasteiger partial charge in [-0.15, -0.1) is 0 Å². The van der Waals surface area contributed by atoms with Crippen LogP contribution in [0.3, 0.4) is 0 Å². The Labute approximate surface area is 150 Å². The normalized spacial score (nSPS) is 15.0.